The van der Waals surface area contributed by atoms with Crippen molar-refractivity contribution in [1.82, 2.24) is 0 Å². The minimum atomic E-state index is -0.0177. The monoisotopic (exact) mass is 342 g/mol. The Kier molecular flexibility index (Phi) is 4.40. The third-order valence-corrected chi connectivity index (χ3v) is 3.90. The summed E-state index contributed by atoms with van der Waals surface area (Å²) < 4.78 is 11.0. The van der Waals surface area contributed by atoms with E-state index in [0.29, 0.717) is 16.4 Å². The summed E-state index contributed by atoms with van der Waals surface area (Å²) in [6, 6.07) is 0. The average Bonchev–Trinajstić information content (AvgIpc) is 2.53. The van der Waals surface area contributed by atoms with Gasteiger partial charge in [0.2, 0.25) is 0 Å². The largest absolute Gasteiger partial charge is 0.491 e. The van der Waals surface area contributed by atoms with E-state index < -0.39 is 0 Å². The predicted molar refractivity (Wildman–Crippen MR) is 63.2 cm³/mol. The lowest BCUT2D eigenvalue weighted by molar-refractivity contribution is 0.102. The highest BCUT2D eigenvalue weighted by molar-refractivity contribution is 9.11. The quantitative estimate of drug-likeness (QED) is 0.622. The maximum atomic E-state index is 11.5. The number of halogens is 2. The number of methoxy groups -OCH3 is 2. The van der Waals surface area contributed by atoms with Gasteiger partial charge in [-0.15, -0.1) is 11.3 Å². The smallest absolute Gasteiger partial charge is 0.187 e. The number of hydrogen-bond acceptors (Lipinski definition) is 4. The number of thiophene rings is 1. The Morgan fingerprint density at radius 2 is 1.93 bits per heavy atom. The standard InChI is InChI=1S/C8H8Br2O3S/c1-12-5-6(13-2)8(10)14-7(5)4(11)3-9/h3H2,1-2H3. The first-order valence-electron chi connectivity index (χ1n) is 3.65. The molecule has 14 heavy (non-hydrogen) atoms. The van der Waals surface area contributed by atoms with Gasteiger partial charge in [0.1, 0.15) is 8.66 Å². The first kappa shape index (κ1) is 12.0. The first-order chi connectivity index (χ1) is 6.65. The zero-order valence-corrected chi connectivity index (χ0v) is 11.6. The molecule has 1 aromatic heterocycles. The SMILES string of the molecule is COc1c(Br)sc(C(=O)CBr)c1OC. The average molecular weight is 344 g/mol. The minimum Gasteiger partial charge on any atom is -0.491 e. The van der Waals surface area contributed by atoms with Crippen molar-refractivity contribution in [3.05, 3.63) is 8.66 Å². The van der Waals surface area contributed by atoms with E-state index in [1.54, 1.807) is 0 Å². The van der Waals surface area contributed by atoms with Gasteiger partial charge in [0.25, 0.3) is 0 Å². The summed E-state index contributed by atoms with van der Waals surface area (Å²) in [5.74, 6) is 1.05. The second-order valence-corrected chi connectivity index (χ2v) is 5.23. The number of hydrogen-bond donors (Lipinski definition) is 0. The molecule has 0 aromatic carbocycles. The van der Waals surface area contributed by atoms with Crippen molar-refractivity contribution >= 4 is 49.0 Å². The predicted octanol–water partition coefficient (Wildman–Crippen LogP) is 3.11. The Bertz CT molecular complexity index is 349. The fourth-order valence-corrected chi connectivity index (χ4v) is 3.17. The van der Waals surface area contributed by atoms with Gasteiger partial charge in [-0.2, -0.15) is 0 Å². The first-order valence-corrected chi connectivity index (χ1v) is 6.38. The van der Waals surface area contributed by atoms with Crippen LogP contribution in [-0.4, -0.2) is 25.3 Å². The van der Waals surface area contributed by atoms with E-state index >= 15 is 0 Å². The van der Waals surface area contributed by atoms with Crippen molar-refractivity contribution in [2.75, 3.05) is 19.5 Å². The van der Waals surface area contributed by atoms with Crippen LogP contribution in [0.25, 0.3) is 0 Å². The maximum absolute atomic E-state index is 11.5. The molecule has 0 unspecified atom stereocenters. The van der Waals surface area contributed by atoms with Crippen LogP contribution in [0, 0.1) is 0 Å². The molecule has 0 radical (unpaired) electrons. The summed E-state index contributed by atoms with van der Waals surface area (Å²) in [6.07, 6.45) is 0. The molecule has 0 aliphatic rings. The topological polar surface area (TPSA) is 35.5 Å². The third-order valence-electron chi connectivity index (χ3n) is 1.57. The van der Waals surface area contributed by atoms with Crippen LogP contribution in [0.4, 0.5) is 0 Å². The lowest BCUT2D eigenvalue weighted by atomic mass is 10.3. The van der Waals surface area contributed by atoms with E-state index in [9.17, 15) is 4.79 Å². The fourth-order valence-electron chi connectivity index (χ4n) is 0.977. The summed E-state index contributed by atoms with van der Waals surface area (Å²) in [6.45, 7) is 0. The molecule has 0 N–H and O–H groups in total. The summed E-state index contributed by atoms with van der Waals surface area (Å²) in [4.78, 5) is 12.0. The molecule has 0 saturated carbocycles. The van der Waals surface area contributed by atoms with Gasteiger partial charge in [-0.05, 0) is 15.9 Å². The van der Waals surface area contributed by atoms with Crippen LogP contribution in [0.15, 0.2) is 3.79 Å². The lowest BCUT2D eigenvalue weighted by Crippen LogP contribution is -1.99. The molecule has 0 amide bonds. The Morgan fingerprint density at radius 3 is 2.36 bits per heavy atom. The fraction of sp³-hybridized carbons (Fsp3) is 0.375. The molecule has 0 aliphatic heterocycles. The van der Waals surface area contributed by atoms with E-state index in [4.69, 9.17) is 9.47 Å². The van der Waals surface area contributed by atoms with Crippen molar-refractivity contribution in [1.29, 1.82) is 0 Å². The van der Waals surface area contributed by atoms with Crippen molar-refractivity contribution in [3.63, 3.8) is 0 Å². The van der Waals surface area contributed by atoms with Gasteiger partial charge in [-0.25, -0.2) is 0 Å². The van der Waals surface area contributed by atoms with Crippen molar-refractivity contribution in [2.45, 2.75) is 0 Å². The summed E-state index contributed by atoms with van der Waals surface area (Å²) in [7, 11) is 3.06. The molecule has 1 heterocycles. The van der Waals surface area contributed by atoms with Gasteiger partial charge in [-0.3, -0.25) is 4.79 Å². The number of carbonyl (C=O) groups excluding carboxylic acids is 1. The molecule has 0 saturated heterocycles. The highest BCUT2D eigenvalue weighted by Crippen LogP contribution is 2.45. The molecular formula is C8H8Br2O3S. The number of alkyl halides is 1. The number of rotatable bonds is 4. The molecular weight excluding hydrogens is 336 g/mol. The number of Topliss-reactive ketones (excluding diaryl/α,β-unsaturated/α-hetero) is 1. The van der Waals surface area contributed by atoms with Crippen LogP contribution >= 0.6 is 43.2 Å². The van der Waals surface area contributed by atoms with E-state index in [-0.39, 0.29) is 11.1 Å². The third kappa shape index (κ3) is 2.12. The second-order valence-electron chi connectivity index (χ2n) is 2.33. The van der Waals surface area contributed by atoms with Crippen LogP contribution in [0.2, 0.25) is 0 Å². The zero-order valence-electron chi connectivity index (χ0n) is 7.60. The van der Waals surface area contributed by atoms with E-state index in [1.165, 1.54) is 25.6 Å². The summed E-state index contributed by atoms with van der Waals surface area (Å²) in [5, 5.41) is 0.277. The molecule has 0 spiro atoms. The Balaban J connectivity index is 3.23. The number of ether oxygens (including phenoxy) is 2. The van der Waals surface area contributed by atoms with E-state index in [0.717, 1.165) is 3.79 Å². The van der Waals surface area contributed by atoms with Crippen LogP contribution in [0.5, 0.6) is 11.5 Å². The number of ketones is 1. The molecule has 0 bridgehead atoms. The van der Waals surface area contributed by atoms with Gasteiger partial charge < -0.3 is 9.47 Å². The summed E-state index contributed by atoms with van der Waals surface area (Å²) in [5.41, 5.74) is 0. The van der Waals surface area contributed by atoms with Crippen LogP contribution in [0.3, 0.4) is 0 Å². The van der Waals surface area contributed by atoms with E-state index in [2.05, 4.69) is 31.9 Å². The normalized spacial score (nSPS) is 10.0. The Morgan fingerprint density at radius 1 is 1.36 bits per heavy atom. The van der Waals surface area contributed by atoms with Crippen LogP contribution < -0.4 is 9.47 Å². The highest BCUT2D eigenvalue weighted by atomic mass is 79.9. The second kappa shape index (κ2) is 5.14. The van der Waals surface area contributed by atoms with Gasteiger partial charge >= 0.3 is 0 Å². The Labute approximate surface area is 103 Å². The minimum absolute atomic E-state index is 0.0177. The maximum Gasteiger partial charge on any atom is 0.187 e. The van der Waals surface area contributed by atoms with Gasteiger partial charge in [0.15, 0.2) is 17.3 Å². The van der Waals surface area contributed by atoms with Crippen molar-refractivity contribution in [2.24, 2.45) is 0 Å². The molecule has 3 nitrogen and oxygen atoms in total. The zero-order chi connectivity index (χ0) is 10.7. The molecule has 78 valence electrons. The molecule has 6 heteroatoms. The Hall–Kier alpha value is -0.0700. The molecule has 0 fully saturated rings. The van der Waals surface area contributed by atoms with Crippen LogP contribution in [0.1, 0.15) is 9.67 Å². The molecule has 0 aliphatic carbocycles. The molecule has 0 atom stereocenters. The van der Waals surface area contributed by atoms with Gasteiger partial charge in [0.05, 0.1) is 19.5 Å². The van der Waals surface area contributed by atoms with E-state index in [1.807, 2.05) is 0 Å². The lowest BCUT2D eigenvalue weighted by Gasteiger charge is -2.03. The molecule has 1 rings (SSSR count). The number of carbonyl (C=O) groups is 1. The van der Waals surface area contributed by atoms with Gasteiger partial charge in [-0.1, -0.05) is 15.9 Å². The van der Waals surface area contributed by atoms with Crippen molar-refractivity contribution < 1.29 is 14.3 Å². The van der Waals surface area contributed by atoms with Crippen LogP contribution in [-0.2, 0) is 0 Å². The summed E-state index contributed by atoms with van der Waals surface area (Å²) >= 11 is 7.74. The highest BCUT2D eigenvalue weighted by Gasteiger charge is 2.22. The van der Waals surface area contributed by atoms with Crippen molar-refractivity contribution in [3.8, 4) is 11.5 Å². The molecule has 1 aromatic rings. The van der Waals surface area contributed by atoms with Gasteiger partial charge in [0, 0.05) is 0 Å².